The predicted molar refractivity (Wildman–Crippen MR) is 73.5 cm³/mol. The SMILES string of the molecule is CC(CNC(=O)C1(C)CCCN1)N1CCCCC1. The van der Waals surface area contributed by atoms with Crippen LogP contribution in [0.3, 0.4) is 0 Å². The molecule has 0 bridgehead atoms. The second-order valence-corrected chi connectivity index (χ2v) is 6.02. The number of carbonyl (C=O) groups is 1. The van der Waals surface area contributed by atoms with Gasteiger partial charge in [0.05, 0.1) is 5.54 Å². The third kappa shape index (κ3) is 3.23. The van der Waals surface area contributed by atoms with Crippen molar-refractivity contribution in [1.29, 1.82) is 0 Å². The van der Waals surface area contributed by atoms with E-state index in [4.69, 9.17) is 0 Å². The van der Waals surface area contributed by atoms with Crippen molar-refractivity contribution in [2.24, 2.45) is 0 Å². The van der Waals surface area contributed by atoms with Crippen LogP contribution in [0.2, 0.25) is 0 Å². The number of rotatable bonds is 4. The van der Waals surface area contributed by atoms with Crippen LogP contribution in [0.5, 0.6) is 0 Å². The summed E-state index contributed by atoms with van der Waals surface area (Å²) in [6, 6.07) is 0.458. The van der Waals surface area contributed by atoms with Gasteiger partial charge >= 0.3 is 0 Å². The molecular weight excluding hydrogens is 226 g/mol. The van der Waals surface area contributed by atoms with E-state index in [1.165, 1.54) is 32.4 Å². The highest BCUT2D eigenvalue weighted by Gasteiger charge is 2.35. The van der Waals surface area contributed by atoms with Gasteiger partial charge in [0.2, 0.25) is 5.91 Å². The van der Waals surface area contributed by atoms with E-state index in [2.05, 4.69) is 22.5 Å². The van der Waals surface area contributed by atoms with Crippen molar-refractivity contribution in [2.45, 2.75) is 57.5 Å². The van der Waals surface area contributed by atoms with Crippen LogP contribution in [0.15, 0.2) is 0 Å². The molecule has 2 heterocycles. The second kappa shape index (κ2) is 6.02. The van der Waals surface area contributed by atoms with Crippen molar-refractivity contribution in [3.8, 4) is 0 Å². The minimum absolute atomic E-state index is 0.170. The fourth-order valence-corrected chi connectivity index (χ4v) is 3.01. The molecule has 0 aromatic carbocycles. The van der Waals surface area contributed by atoms with Crippen molar-refractivity contribution >= 4 is 5.91 Å². The minimum Gasteiger partial charge on any atom is -0.353 e. The van der Waals surface area contributed by atoms with E-state index < -0.39 is 0 Å². The van der Waals surface area contributed by atoms with E-state index in [1.54, 1.807) is 0 Å². The zero-order valence-corrected chi connectivity index (χ0v) is 11.8. The Hall–Kier alpha value is -0.610. The molecule has 1 amide bonds. The van der Waals surface area contributed by atoms with E-state index in [0.29, 0.717) is 6.04 Å². The monoisotopic (exact) mass is 253 g/mol. The van der Waals surface area contributed by atoms with E-state index >= 15 is 0 Å². The highest BCUT2D eigenvalue weighted by atomic mass is 16.2. The van der Waals surface area contributed by atoms with Crippen molar-refractivity contribution in [2.75, 3.05) is 26.2 Å². The van der Waals surface area contributed by atoms with Gasteiger partial charge in [-0.15, -0.1) is 0 Å². The molecule has 0 saturated carbocycles. The lowest BCUT2D eigenvalue weighted by molar-refractivity contribution is -0.126. The Kier molecular flexibility index (Phi) is 4.62. The Labute approximate surface area is 110 Å². The summed E-state index contributed by atoms with van der Waals surface area (Å²) in [7, 11) is 0. The molecule has 0 aromatic heterocycles. The maximum atomic E-state index is 12.2. The molecule has 0 aliphatic carbocycles. The largest absolute Gasteiger partial charge is 0.353 e. The van der Waals surface area contributed by atoms with E-state index in [-0.39, 0.29) is 11.4 Å². The maximum absolute atomic E-state index is 12.2. The molecule has 0 radical (unpaired) electrons. The van der Waals surface area contributed by atoms with Crippen LogP contribution < -0.4 is 10.6 Å². The summed E-state index contributed by atoms with van der Waals surface area (Å²) in [4.78, 5) is 14.7. The van der Waals surface area contributed by atoms with E-state index in [1.807, 2.05) is 6.92 Å². The van der Waals surface area contributed by atoms with Gasteiger partial charge in [0, 0.05) is 12.6 Å². The fraction of sp³-hybridized carbons (Fsp3) is 0.929. The second-order valence-electron chi connectivity index (χ2n) is 6.02. The van der Waals surface area contributed by atoms with Crippen molar-refractivity contribution in [1.82, 2.24) is 15.5 Å². The molecule has 2 atom stereocenters. The molecule has 0 aromatic rings. The van der Waals surface area contributed by atoms with Crippen LogP contribution in [-0.4, -0.2) is 48.6 Å². The van der Waals surface area contributed by atoms with Crippen molar-refractivity contribution in [3.63, 3.8) is 0 Å². The number of nitrogens with one attached hydrogen (secondary N) is 2. The third-order valence-corrected chi connectivity index (χ3v) is 4.44. The standard InChI is InChI=1S/C14H27N3O/c1-12(17-9-4-3-5-10-17)11-15-13(18)14(2)7-6-8-16-14/h12,16H,3-11H2,1-2H3,(H,15,18). The first-order chi connectivity index (χ1) is 8.62. The van der Waals surface area contributed by atoms with Gasteiger partial charge in [-0.05, 0) is 59.2 Å². The molecule has 2 fully saturated rings. The van der Waals surface area contributed by atoms with Crippen LogP contribution in [0.25, 0.3) is 0 Å². The number of amides is 1. The number of hydrogen-bond acceptors (Lipinski definition) is 3. The lowest BCUT2D eigenvalue weighted by Crippen LogP contribution is -2.54. The number of nitrogens with zero attached hydrogens (tertiary/aromatic N) is 1. The fourth-order valence-electron chi connectivity index (χ4n) is 3.01. The summed E-state index contributed by atoms with van der Waals surface area (Å²) in [5.41, 5.74) is -0.332. The van der Waals surface area contributed by atoms with Crippen LogP contribution in [0.1, 0.15) is 46.0 Å². The number of piperidine rings is 1. The quantitative estimate of drug-likeness (QED) is 0.789. The molecule has 18 heavy (non-hydrogen) atoms. The molecule has 104 valence electrons. The number of likely N-dealkylation sites (tertiary alicyclic amines) is 1. The molecule has 2 N–H and O–H groups in total. The Morgan fingerprint density at radius 3 is 2.67 bits per heavy atom. The first-order valence-electron chi connectivity index (χ1n) is 7.39. The average molecular weight is 253 g/mol. The summed E-state index contributed by atoms with van der Waals surface area (Å²) in [5.74, 6) is 0.170. The van der Waals surface area contributed by atoms with Crippen LogP contribution in [-0.2, 0) is 4.79 Å². The molecule has 2 aliphatic heterocycles. The summed E-state index contributed by atoms with van der Waals surface area (Å²) < 4.78 is 0. The van der Waals surface area contributed by atoms with Crippen molar-refractivity contribution < 1.29 is 4.79 Å². The molecule has 0 spiro atoms. The first-order valence-corrected chi connectivity index (χ1v) is 7.39. The van der Waals surface area contributed by atoms with Crippen LogP contribution in [0, 0.1) is 0 Å². The molecule has 2 unspecified atom stereocenters. The zero-order chi connectivity index (χ0) is 13.0. The first kappa shape index (κ1) is 13.8. The Morgan fingerprint density at radius 1 is 1.33 bits per heavy atom. The van der Waals surface area contributed by atoms with Gasteiger partial charge in [-0.2, -0.15) is 0 Å². The molecule has 4 nitrogen and oxygen atoms in total. The predicted octanol–water partition coefficient (Wildman–Crippen LogP) is 1.12. The number of hydrogen-bond donors (Lipinski definition) is 2. The normalized spacial score (nSPS) is 31.2. The average Bonchev–Trinajstić information content (AvgIpc) is 2.85. The smallest absolute Gasteiger partial charge is 0.240 e. The van der Waals surface area contributed by atoms with E-state index in [0.717, 1.165) is 25.9 Å². The summed E-state index contributed by atoms with van der Waals surface area (Å²) in [6.07, 6.45) is 6.02. The van der Waals surface area contributed by atoms with Gasteiger partial charge in [-0.3, -0.25) is 9.69 Å². The van der Waals surface area contributed by atoms with Crippen LogP contribution >= 0.6 is 0 Å². The topological polar surface area (TPSA) is 44.4 Å². The summed E-state index contributed by atoms with van der Waals surface area (Å²) in [5, 5.41) is 6.43. The van der Waals surface area contributed by atoms with Crippen LogP contribution in [0.4, 0.5) is 0 Å². The highest BCUT2D eigenvalue weighted by molar-refractivity contribution is 5.86. The number of carbonyl (C=O) groups excluding carboxylic acids is 1. The third-order valence-electron chi connectivity index (χ3n) is 4.44. The molecule has 2 rings (SSSR count). The maximum Gasteiger partial charge on any atom is 0.240 e. The van der Waals surface area contributed by atoms with Crippen molar-refractivity contribution in [3.05, 3.63) is 0 Å². The Balaban J connectivity index is 1.74. The van der Waals surface area contributed by atoms with Gasteiger partial charge in [0.15, 0.2) is 0 Å². The lowest BCUT2D eigenvalue weighted by Gasteiger charge is -2.33. The minimum atomic E-state index is -0.332. The van der Waals surface area contributed by atoms with Gasteiger partial charge < -0.3 is 10.6 Å². The Bertz CT molecular complexity index is 281. The lowest BCUT2D eigenvalue weighted by atomic mass is 9.99. The van der Waals surface area contributed by atoms with E-state index in [9.17, 15) is 4.79 Å². The van der Waals surface area contributed by atoms with Gasteiger partial charge in [-0.1, -0.05) is 6.42 Å². The molecular formula is C14H27N3O. The molecule has 4 heteroatoms. The molecule has 2 saturated heterocycles. The van der Waals surface area contributed by atoms with Gasteiger partial charge in [0.1, 0.15) is 0 Å². The summed E-state index contributed by atoms with van der Waals surface area (Å²) >= 11 is 0. The molecule has 2 aliphatic rings. The summed E-state index contributed by atoms with van der Waals surface area (Å²) in [6.45, 7) is 8.34. The highest BCUT2D eigenvalue weighted by Crippen LogP contribution is 2.18. The van der Waals surface area contributed by atoms with Gasteiger partial charge in [-0.25, -0.2) is 0 Å². The zero-order valence-electron chi connectivity index (χ0n) is 11.8. The Morgan fingerprint density at radius 2 is 2.06 bits per heavy atom. The van der Waals surface area contributed by atoms with Gasteiger partial charge in [0.25, 0.3) is 0 Å².